The topological polar surface area (TPSA) is 29.1 Å². The van der Waals surface area contributed by atoms with Crippen molar-refractivity contribution in [1.82, 2.24) is 5.32 Å². The van der Waals surface area contributed by atoms with E-state index < -0.39 is 0 Å². The molecule has 2 nitrogen and oxygen atoms in total. The van der Waals surface area contributed by atoms with Crippen LogP contribution < -0.4 is 5.32 Å². The van der Waals surface area contributed by atoms with Crippen LogP contribution >= 0.6 is 11.8 Å². The largest absolute Gasteiger partial charge is 0.355 e. The molecule has 64 valence electrons. The monoisotopic (exact) mass is 173 g/mol. The molecule has 0 aromatic carbocycles. The highest BCUT2D eigenvalue weighted by molar-refractivity contribution is 8.02. The van der Waals surface area contributed by atoms with E-state index in [2.05, 4.69) is 12.2 Å². The molecule has 0 heterocycles. The molecule has 0 aliphatic carbocycles. The molecule has 0 radical (unpaired) electrons. The molecule has 0 aliphatic rings. The zero-order valence-electron chi connectivity index (χ0n) is 7.31. The maximum atomic E-state index is 11.1. The summed E-state index contributed by atoms with van der Waals surface area (Å²) in [5, 5.41) is 4.53. The Morgan fingerprint density at radius 3 is 2.55 bits per heavy atom. The second kappa shape index (κ2) is 6.28. The van der Waals surface area contributed by atoms with E-state index in [1.807, 2.05) is 12.3 Å². The minimum atomic E-state index is 0.0356. The molecule has 0 saturated heterocycles. The number of amides is 1. The van der Waals surface area contributed by atoms with Gasteiger partial charge in [0.15, 0.2) is 0 Å². The van der Waals surface area contributed by atoms with E-state index in [-0.39, 0.29) is 5.91 Å². The standard InChI is InChI=1S/C8H15NOS/c1-4-7(6-11-5-2)8(10)9-3/h6H,4-5H2,1-3H3,(H,9,10). The fourth-order valence-electron chi connectivity index (χ4n) is 0.642. The number of thioether (sulfide) groups is 1. The van der Waals surface area contributed by atoms with Crippen LogP contribution in [0, 0.1) is 0 Å². The number of hydrogen-bond donors (Lipinski definition) is 1. The summed E-state index contributed by atoms with van der Waals surface area (Å²) in [5.74, 6) is 1.05. The van der Waals surface area contributed by atoms with Crippen molar-refractivity contribution >= 4 is 17.7 Å². The van der Waals surface area contributed by atoms with Gasteiger partial charge in [-0.05, 0) is 17.6 Å². The van der Waals surface area contributed by atoms with E-state index in [1.54, 1.807) is 18.8 Å². The SMILES string of the molecule is CCSC=C(CC)C(=O)NC. The summed E-state index contributed by atoms with van der Waals surface area (Å²) in [4.78, 5) is 11.1. The fraction of sp³-hybridized carbons (Fsp3) is 0.625. The van der Waals surface area contributed by atoms with Crippen molar-refractivity contribution in [1.29, 1.82) is 0 Å². The number of carbonyl (C=O) groups is 1. The van der Waals surface area contributed by atoms with Gasteiger partial charge in [-0.3, -0.25) is 4.79 Å². The van der Waals surface area contributed by atoms with Crippen LogP contribution in [0.3, 0.4) is 0 Å². The maximum Gasteiger partial charge on any atom is 0.247 e. The van der Waals surface area contributed by atoms with Crippen LogP contribution in [0.2, 0.25) is 0 Å². The Hall–Kier alpha value is -0.440. The highest BCUT2D eigenvalue weighted by Crippen LogP contribution is 2.09. The van der Waals surface area contributed by atoms with Gasteiger partial charge in [-0.1, -0.05) is 13.8 Å². The predicted molar refractivity (Wildman–Crippen MR) is 50.6 cm³/mol. The number of rotatable bonds is 4. The molecular weight excluding hydrogens is 158 g/mol. The van der Waals surface area contributed by atoms with Crippen LogP contribution in [0.25, 0.3) is 0 Å². The van der Waals surface area contributed by atoms with Crippen molar-refractivity contribution in [3.05, 3.63) is 11.0 Å². The second-order valence-electron chi connectivity index (χ2n) is 2.03. The molecule has 1 N–H and O–H groups in total. The Bertz CT molecular complexity index is 154. The van der Waals surface area contributed by atoms with Crippen LogP contribution in [0.5, 0.6) is 0 Å². The Morgan fingerprint density at radius 2 is 2.18 bits per heavy atom. The Kier molecular flexibility index (Phi) is 6.03. The third-order valence-electron chi connectivity index (χ3n) is 1.29. The Labute approximate surface area is 72.4 Å². The first-order valence-corrected chi connectivity index (χ1v) is 4.83. The first-order valence-electron chi connectivity index (χ1n) is 3.78. The molecule has 0 fully saturated rings. The molecule has 0 aliphatic heterocycles. The summed E-state index contributed by atoms with van der Waals surface area (Å²) in [7, 11) is 1.66. The van der Waals surface area contributed by atoms with Gasteiger partial charge in [-0.25, -0.2) is 0 Å². The van der Waals surface area contributed by atoms with Crippen LogP contribution in [-0.4, -0.2) is 18.7 Å². The lowest BCUT2D eigenvalue weighted by molar-refractivity contribution is -0.117. The summed E-state index contributed by atoms with van der Waals surface area (Å²) >= 11 is 1.66. The Morgan fingerprint density at radius 1 is 1.55 bits per heavy atom. The lowest BCUT2D eigenvalue weighted by Gasteiger charge is -2.00. The van der Waals surface area contributed by atoms with E-state index in [1.165, 1.54) is 0 Å². The molecule has 1 amide bonds. The van der Waals surface area contributed by atoms with Gasteiger partial charge in [-0.2, -0.15) is 0 Å². The van der Waals surface area contributed by atoms with Crippen LogP contribution in [0.1, 0.15) is 20.3 Å². The molecule has 0 spiro atoms. The van der Waals surface area contributed by atoms with E-state index in [0.717, 1.165) is 17.7 Å². The van der Waals surface area contributed by atoms with Crippen LogP contribution in [-0.2, 0) is 4.79 Å². The first kappa shape index (κ1) is 10.6. The van der Waals surface area contributed by atoms with E-state index in [4.69, 9.17) is 0 Å². The summed E-state index contributed by atoms with van der Waals surface area (Å²) in [6, 6.07) is 0. The van der Waals surface area contributed by atoms with Crippen molar-refractivity contribution in [3.8, 4) is 0 Å². The molecule has 0 unspecified atom stereocenters. The van der Waals surface area contributed by atoms with Crippen molar-refractivity contribution < 1.29 is 4.79 Å². The number of carbonyl (C=O) groups excluding carboxylic acids is 1. The quantitative estimate of drug-likeness (QED) is 0.657. The highest BCUT2D eigenvalue weighted by Gasteiger charge is 2.02. The summed E-state index contributed by atoms with van der Waals surface area (Å²) < 4.78 is 0. The van der Waals surface area contributed by atoms with Gasteiger partial charge in [0, 0.05) is 12.6 Å². The Balaban J connectivity index is 4.03. The van der Waals surface area contributed by atoms with Gasteiger partial charge in [0.05, 0.1) is 0 Å². The lowest BCUT2D eigenvalue weighted by Crippen LogP contribution is -2.19. The molecule has 0 bridgehead atoms. The maximum absolute atomic E-state index is 11.1. The fourth-order valence-corrected chi connectivity index (χ4v) is 1.28. The molecule has 11 heavy (non-hydrogen) atoms. The van der Waals surface area contributed by atoms with E-state index in [0.29, 0.717) is 0 Å². The summed E-state index contributed by atoms with van der Waals surface area (Å²) in [6.07, 6.45) is 0.798. The van der Waals surface area contributed by atoms with E-state index in [9.17, 15) is 4.79 Å². The molecule has 0 saturated carbocycles. The summed E-state index contributed by atoms with van der Waals surface area (Å²) in [6.45, 7) is 4.05. The predicted octanol–water partition coefficient (Wildman–Crippen LogP) is 1.78. The van der Waals surface area contributed by atoms with Crippen molar-refractivity contribution in [3.63, 3.8) is 0 Å². The van der Waals surface area contributed by atoms with Gasteiger partial charge in [0.25, 0.3) is 0 Å². The normalized spacial score (nSPS) is 11.4. The number of hydrogen-bond acceptors (Lipinski definition) is 2. The average Bonchev–Trinajstić information content (AvgIpc) is 2.05. The first-order chi connectivity index (χ1) is 5.26. The zero-order chi connectivity index (χ0) is 8.69. The third kappa shape index (κ3) is 4.09. The minimum absolute atomic E-state index is 0.0356. The minimum Gasteiger partial charge on any atom is -0.355 e. The van der Waals surface area contributed by atoms with E-state index >= 15 is 0 Å². The smallest absolute Gasteiger partial charge is 0.247 e. The molecule has 3 heteroatoms. The molecule has 0 atom stereocenters. The lowest BCUT2D eigenvalue weighted by atomic mass is 10.2. The van der Waals surface area contributed by atoms with Crippen LogP contribution in [0.4, 0.5) is 0 Å². The molecule has 0 aromatic rings. The van der Waals surface area contributed by atoms with Gasteiger partial charge < -0.3 is 5.32 Å². The highest BCUT2D eigenvalue weighted by atomic mass is 32.2. The van der Waals surface area contributed by atoms with Gasteiger partial charge in [0.1, 0.15) is 0 Å². The van der Waals surface area contributed by atoms with Gasteiger partial charge in [-0.15, -0.1) is 11.8 Å². The van der Waals surface area contributed by atoms with Crippen molar-refractivity contribution in [2.45, 2.75) is 20.3 Å². The van der Waals surface area contributed by atoms with Crippen molar-refractivity contribution in [2.75, 3.05) is 12.8 Å². The molecular formula is C8H15NOS. The number of likely N-dealkylation sites (N-methyl/N-ethyl adjacent to an activating group) is 1. The van der Waals surface area contributed by atoms with Crippen LogP contribution in [0.15, 0.2) is 11.0 Å². The molecule has 0 aromatic heterocycles. The molecule has 0 rings (SSSR count). The van der Waals surface area contributed by atoms with Crippen molar-refractivity contribution in [2.24, 2.45) is 0 Å². The second-order valence-corrected chi connectivity index (χ2v) is 3.18. The summed E-state index contributed by atoms with van der Waals surface area (Å²) in [5.41, 5.74) is 0.861. The van der Waals surface area contributed by atoms with Gasteiger partial charge >= 0.3 is 0 Å². The zero-order valence-corrected chi connectivity index (χ0v) is 8.12. The van der Waals surface area contributed by atoms with Gasteiger partial charge in [0.2, 0.25) is 5.91 Å². The average molecular weight is 173 g/mol. The third-order valence-corrected chi connectivity index (χ3v) is 2.08. The number of nitrogens with one attached hydrogen (secondary N) is 1.